The quantitative estimate of drug-likeness (QED) is 0.663. The summed E-state index contributed by atoms with van der Waals surface area (Å²) in [6, 6.07) is 5.18. The van der Waals surface area contributed by atoms with Crippen LogP contribution in [0.4, 0.5) is 17.1 Å². The molecule has 20 heavy (non-hydrogen) atoms. The van der Waals surface area contributed by atoms with Crippen LogP contribution in [0.2, 0.25) is 0 Å². The highest BCUT2D eigenvalue weighted by molar-refractivity contribution is 5.64. The molecule has 1 aliphatic rings. The molecule has 110 valence electrons. The van der Waals surface area contributed by atoms with E-state index in [9.17, 15) is 10.1 Å². The summed E-state index contributed by atoms with van der Waals surface area (Å²) in [5.41, 5.74) is 1.80. The fraction of sp³-hybridized carbons (Fsp3) is 0.571. The average molecular weight is 279 g/mol. The van der Waals surface area contributed by atoms with E-state index in [1.54, 1.807) is 12.1 Å². The summed E-state index contributed by atoms with van der Waals surface area (Å²) in [6.07, 6.45) is 1.15. The summed E-state index contributed by atoms with van der Waals surface area (Å²) in [5, 5.41) is 14.2. The molecule has 0 spiro atoms. The monoisotopic (exact) mass is 279 g/mol. The number of morpholine rings is 1. The van der Waals surface area contributed by atoms with Crippen molar-refractivity contribution in [2.24, 2.45) is 0 Å². The number of hydrogen-bond acceptors (Lipinski definition) is 5. The summed E-state index contributed by atoms with van der Waals surface area (Å²) < 4.78 is 5.64. The largest absolute Gasteiger partial charge is 0.385 e. The van der Waals surface area contributed by atoms with Crippen LogP contribution in [0.5, 0.6) is 0 Å². The van der Waals surface area contributed by atoms with Crippen molar-refractivity contribution < 1.29 is 9.66 Å². The van der Waals surface area contributed by atoms with Gasteiger partial charge in [-0.25, -0.2) is 0 Å². The fourth-order valence-corrected chi connectivity index (χ4v) is 2.39. The lowest BCUT2D eigenvalue weighted by Gasteiger charge is -2.34. The third-order valence-corrected chi connectivity index (χ3v) is 3.45. The first kappa shape index (κ1) is 14.6. The van der Waals surface area contributed by atoms with Gasteiger partial charge >= 0.3 is 0 Å². The Kier molecular flexibility index (Phi) is 4.79. The van der Waals surface area contributed by atoms with Crippen molar-refractivity contribution in [3.05, 3.63) is 28.3 Å². The molecule has 1 saturated heterocycles. The van der Waals surface area contributed by atoms with Crippen molar-refractivity contribution in [2.75, 3.05) is 36.5 Å². The minimum atomic E-state index is -0.345. The van der Waals surface area contributed by atoms with Gasteiger partial charge in [0.1, 0.15) is 0 Å². The topological polar surface area (TPSA) is 67.6 Å². The molecule has 0 amide bonds. The molecule has 0 aliphatic carbocycles. The molecule has 1 aliphatic heterocycles. The molecule has 1 heterocycles. The van der Waals surface area contributed by atoms with Crippen LogP contribution in [-0.2, 0) is 4.74 Å². The molecule has 0 saturated carbocycles. The Morgan fingerprint density at radius 3 is 2.90 bits per heavy atom. The molecule has 1 unspecified atom stereocenters. The Bertz CT molecular complexity index is 479. The van der Waals surface area contributed by atoms with Gasteiger partial charge in [-0.05, 0) is 19.4 Å². The van der Waals surface area contributed by atoms with Gasteiger partial charge in [-0.3, -0.25) is 10.1 Å². The number of non-ortho nitro benzene ring substituents is 1. The first-order valence-electron chi connectivity index (χ1n) is 7.04. The Morgan fingerprint density at radius 1 is 1.45 bits per heavy atom. The molecular formula is C14H21N3O3. The molecule has 1 N–H and O–H groups in total. The number of nitrogens with one attached hydrogen (secondary N) is 1. The van der Waals surface area contributed by atoms with Crippen LogP contribution in [0.15, 0.2) is 18.2 Å². The van der Waals surface area contributed by atoms with E-state index in [0.717, 1.165) is 37.4 Å². The number of nitrogens with zero attached hydrogens (tertiary/aromatic N) is 2. The third kappa shape index (κ3) is 3.39. The van der Waals surface area contributed by atoms with Crippen LogP contribution < -0.4 is 10.2 Å². The molecule has 6 heteroatoms. The molecule has 2 rings (SSSR count). The van der Waals surface area contributed by atoms with E-state index in [2.05, 4.69) is 17.1 Å². The predicted octanol–water partition coefficient (Wildman–Crippen LogP) is 2.64. The SMILES string of the molecule is CCNc1cc(N2CCOC(CC)C2)cc([N+](=O)[O-])c1. The van der Waals surface area contributed by atoms with Crippen molar-refractivity contribution in [1.29, 1.82) is 0 Å². The zero-order valence-electron chi connectivity index (χ0n) is 12.0. The second kappa shape index (κ2) is 6.56. The van der Waals surface area contributed by atoms with Crippen LogP contribution in [-0.4, -0.2) is 37.3 Å². The number of anilines is 2. The number of nitro groups is 1. The van der Waals surface area contributed by atoms with Gasteiger partial charge in [-0.2, -0.15) is 0 Å². The average Bonchev–Trinajstić information content (AvgIpc) is 2.47. The second-order valence-electron chi connectivity index (χ2n) is 4.87. The van der Waals surface area contributed by atoms with E-state index in [1.807, 2.05) is 13.0 Å². The Balaban J connectivity index is 2.27. The zero-order valence-corrected chi connectivity index (χ0v) is 12.0. The highest BCUT2D eigenvalue weighted by Gasteiger charge is 2.21. The molecule has 0 radical (unpaired) electrons. The van der Waals surface area contributed by atoms with Crippen LogP contribution in [0.3, 0.4) is 0 Å². The van der Waals surface area contributed by atoms with Crippen molar-refractivity contribution in [3.63, 3.8) is 0 Å². The molecule has 0 bridgehead atoms. The van der Waals surface area contributed by atoms with Crippen molar-refractivity contribution in [2.45, 2.75) is 26.4 Å². The van der Waals surface area contributed by atoms with Gasteiger partial charge in [0.15, 0.2) is 0 Å². The summed E-state index contributed by atoms with van der Waals surface area (Å²) in [6.45, 7) is 7.01. The van der Waals surface area contributed by atoms with E-state index in [1.165, 1.54) is 0 Å². The minimum Gasteiger partial charge on any atom is -0.385 e. The number of ether oxygens (including phenoxy) is 1. The fourth-order valence-electron chi connectivity index (χ4n) is 2.39. The van der Waals surface area contributed by atoms with Gasteiger partial charge in [-0.1, -0.05) is 6.92 Å². The maximum absolute atomic E-state index is 11.0. The highest BCUT2D eigenvalue weighted by Crippen LogP contribution is 2.28. The van der Waals surface area contributed by atoms with Crippen molar-refractivity contribution in [1.82, 2.24) is 0 Å². The zero-order chi connectivity index (χ0) is 14.5. The van der Waals surface area contributed by atoms with E-state index in [0.29, 0.717) is 6.61 Å². The van der Waals surface area contributed by atoms with Crippen LogP contribution in [0.1, 0.15) is 20.3 Å². The summed E-state index contributed by atoms with van der Waals surface area (Å²) >= 11 is 0. The molecule has 1 aromatic carbocycles. The maximum Gasteiger partial charge on any atom is 0.273 e. The van der Waals surface area contributed by atoms with Gasteiger partial charge in [0.2, 0.25) is 0 Å². The van der Waals surface area contributed by atoms with Crippen LogP contribution >= 0.6 is 0 Å². The molecular weight excluding hydrogens is 258 g/mol. The normalized spacial score (nSPS) is 18.9. The number of benzene rings is 1. The molecule has 1 aromatic rings. The standard InChI is InChI=1S/C14H21N3O3/c1-3-14-10-16(5-6-20-14)12-7-11(15-4-2)8-13(9-12)17(18)19/h7-9,14-15H,3-6,10H2,1-2H3. The third-order valence-electron chi connectivity index (χ3n) is 3.45. The van der Waals surface area contributed by atoms with Gasteiger partial charge in [0.25, 0.3) is 5.69 Å². The lowest BCUT2D eigenvalue weighted by Crippen LogP contribution is -2.42. The predicted molar refractivity (Wildman–Crippen MR) is 79.5 cm³/mol. The Morgan fingerprint density at radius 2 is 2.25 bits per heavy atom. The van der Waals surface area contributed by atoms with E-state index >= 15 is 0 Å². The van der Waals surface area contributed by atoms with Gasteiger partial charge in [0.05, 0.1) is 17.6 Å². The minimum absolute atomic E-state index is 0.123. The van der Waals surface area contributed by atoms with E-state index in [4.69, 9.17) is 4.74 Å². The summed E-state index contributed by atoms with van der Waals surface area (Å²) in [7, 11) is 0. The number of nitro benzene ring substituents is 1. The van der Waals surface area contributed by atoms with Gasteiger partial charge < -0.3 is 15.0 Å². The lowest BCUT2D eigenvalue weighted by molar-refractivity contribution is -0.384. The van der Waals surface area contributed by atoms with Crippen LogP contribution in [0.25, 0.3) is 0 Å². The Hall–Kier alpha value is -1.82. The lowest BCUT2D eigenvalue weighted by atomic mass is 10.1. The highest BCUT2D eigenvalue weighted by atomic mass is 16.6. The first-order chi connectivity index (χ1) is 9.63. The molecule has 1 atom stereocenters. The summed E-state index contributed by atoms with van der Waals surface area (Å²) in [5.74, 6) is 0. The number of rotatable bonds is 5. The van der Waals surface area contributed by atoms with Crippen LogP contribution in [0, 0.1) is 10.1 Å². The molecule has 1 fully saturated rings. The van der Waals surface area contributed by atoms with Crippen molar-refractivity contribution >= 4 is 17.1 Å². The van der Waals surface area contributed by atoms with Gasteiger partial charge in [0, 0.05) is 43.1 Å². The number of hydrogen-bond donors (Lipinski definition) is 1. The van der Waals surface area contributed by atoms with E-state index in [-0.39, 0.29) is 16.7 Å². The molecule has 6 nitrogen and oxygen atoms in total. The first-order valence-corrected chi connectivity index (χ1v) is 7.04. The Labute approximate surface area is 118 Å². The maximum atomic E-state index is 11.0. The smallest absolute Gasteiger partial charge is 0.273 e. The summed E-state index contributed by atoms with van der Waals surface area (Å²) in [4.78, 5) is 12.9. The molecule has 0 aromatic heterocycles. The second-order valence-corrected chi connectivity index (χ2v) is 4.87. The van der Waals surface area contributed by atoms with Crippen molar-refractivity contribution in [3.8, 4) is 0 Å². The van der Waals surface area contributed by atoms with Gasteiger partial charge in [-0.15, -0.1) is 0 Å². The van der Waals surface area contributed by atoms with E-state index < -0.39 is 0 Å².